The predicted molar refractivity (Wildman–Crippen MR) is 112 cm³/mol. The molecule has 0 atom stereocenters. The molecule has 7 nitrogen and oxygen atoms in total. The molecular weight excluding hydrogens is 380 g/mol. The zero-order chi connectivity index (χ0) is 21.6. The van der Waals surface area contributed by atoms with E-state index in [2.05, 4.69) is 6.07 Å². The first kappa shape index (κ1) is 19.5. The molecule has 30 heavy (non-hydrogen) atoms. The first-order valence-corrected chi connectivity index (χ1v) is 9.72. The molecule has 0 fully saturated rings. The highest BCUT2D eigenvalue weighted by Crippen LogP contribution is 2.32. The van der Waals surface area contributed by atoms with Crippen LogP contribution in [0.1, 0.15) is 40.9 Å². The molecule has 1 aliphatic rings. The predicted octanol–water partition coefficient (Wildman–Crippen LogP) is 2.84. The van der Waals surface area contributed by atoms with Crippen molar-refractivity contribution in [2.75, 3.05) is 0 Å². The molecule has 2 heterocycles. The van der Waals surface area contributed by atoms with Crippen molar-refractivity contribution in [1.29, 1.82) is 5.26 Å². The van der Waals surface area contributed by atoms with Gasteiger partial charge in [-0.2, -0.15) is 5.26 Å². The maximum Gasteiger partial charge on any atom is 0.331 e. The van der Waals surface area contributed by atoms with E-state index in [1.165, 1.54) is 22.4 Å². The number of amides is 1. The fourth-order valence-electron chi connectivity index (χ4n) is 3.83. The number of imidazole rings is 1. The van der Waals surface area contributed by atoms with Crippen molar-refractivity contribution in [2.24, 2.45) is 7.05 Å². The summed E-state index contributed by atoms with van der Waals surface area (Å²) >= 11 is 0. The number of rotatable bonds is 4. The van der Waals surface area contributed by atoms with Crippen LogP contribution in [0.15, 0.2) is 47.4 Å². The lowest BCUT2D eigenvalue weighted by Crippen LogP contribution is -2.31. The van der Waals surface area contributed by atoms with Crippen LogP contribution in [0.2, 0.25) is 0 Å². The number of aromatic hydroxyl groups is 1. The van der Waals surface area contributed by atoms with E-state index in [0.717, 1.165) is 22.3 Å². The minimum absolute atomic E-state index is 0.0694. The van der Waals surface area contributed by atoms with Crippen LogP contribution in [-0.4, -0.2) is 31.1 Å². The minimum atomic E-state index is -0.284. The van der Waals surface area contributed by atoms with Gasteiger partial charge >= 0.3 is 5.69 Å². The van der Waals surface area contributed by atoms with E-state index in [1.807, 2.05) is 44.2 Å². The van der Waals surface area contributed by atoms with Gasteiger partial charge in [0.1, 0.15) is 0 Å². The Hall–Kier alpha value is -3.79. The molecular formula is C23H22N4O3. The summed E-state index contributed by atoms with van der Waals surface area (Å²) in [6.45, 7) is 4.78. The van der Waals surface area contributed by atoms with Gasteiger partial charge in [-0.25, -0.2) is 4.79 Å². The lowest BCUT2D eigenvalue weighted by molar-refractivity contribution is 0.0730. The Morgan fingerprint density at radius 3 is 2.40 bits per heavy atom. The van der Waals surface area contributed by atoms with Crippen LogP contribution < -0.4 is 5.69 Å². The molecule has 0 bridgehead atoms. The van der Waals surface area contributed by atoms with Crippen molar-refractivity contribution in [3.05, 3.63) is 75.3 Å². The zero-order valence-electron chi connectivity index (χ0n) is 17.1. The van der Waals surface area contributed by atoms with Crippen molar-refractivity contribution in [2.45, 2.75) is 33.0 Å². The molecule has 0 spiro atoms. The molecule has 1 amide bonds. The van der Waals surface area contributed by atoms with Gasteiger partial charge < -0.3 is 10.0 Å². The number of hydrogen-bond donors (Lipinski definition) is 1. The smallest absolute Gasteiger partial charge is 0.331 e. The van der Waals surface area contributed by atoms with Gasteiger partial charge in [0.25, 0.3) is 5.91 Å². The van der Waals surface area contributed by atoms with Crippen LogP contribution in [-0.2, 0) is 20.1 Å². The second-order valence-electron chi connectivity index (χ2n) is 7.85. The monoisotopic (exact) mass is 402 g/mol. The van der Waals surface area contributed by atoms with Gasteiger partial charge in [0.2, 0.25) is 5.88 Å². The molecule has 0 radical (unpaired) electrons. The Morgan fingerprint density at radius 1 is 1.13 bits per heavy atom. The summed E-state index contributed by atoms with van der Waals surface area (Å²) in [5, 5.41) is 19.3. The summed E-state index contributed by atoms with van der Waals surface area (Å²) in [5.74, 6) is -0.168. The quantitative estimate of drug-likeness (QED) is 0.726. The Kier molecular flexibility index (Phi) is 4.70. The number of benzene rings is 2. The van der Waals surface area contributed by atoms with Crippen molar-refractivity contribution < 1.29 is 9.90 Å². The van der Waals surface area contributed by atoms with Gasteiger partial charge in [0.05, 0.1) is 29.9 Å². The van der Waals surface area contributed by atoms with Gasteiger partial charge in [-0.05, 0) is 48.2 Å². The van der Waals surface area contributed by atoms with Crippen LogP contribution in [0.4, 0.5) is 0 Å². The maximum absolute atomic E-state index is 12.7. The number of nitriles is 1. The second-order valence-corrected chi connectivity index (χ2v) is 7.85. The molecule has 0 saturated heterocycles. The highest BCUT2D eigenvalue weighted by molar-refractivity contribution is 6.01. The average Bonchev–Trinajstić information content (AvgIpc) is 3.19. The van der Waals surface area contributed by atoms with E-state index < -0.39 is 0 Å². The fraction of sp³-hybridized carbons (Fsp3) is 0.261. The van der Waals surface area contributed by atoms with Gasteiger partial charge in [-0.1, -0.05) is 24.3 Å². The fourth-order valence-corrected chi connectivity index (χ4v) is 3.83. The van der Waals surface area contributed by atoms with Crippen LogP contribution in [0.3, 0.4) is 0 Å². The molecule has 7 heteroatoms. The molecule has 0 saturated carbocycles. The Labute approximate surface area is 174 Å². The van der Waals surface area contributed by atoms with Crippen LogP contribution in [0, 0.1) is 11.3 Å². The largest absolute Gasteiger partial charge is 0.493 e. The molecule has 4 rings (SSSR count). The molecule has 0 unspecified atom stereocenters. The Bertz CT molecular complexity index is 1240. The van der Waals surface area contributed by atoms with Crippen molar-refractivity contribution in [3.8, 4) is 23.1 Å². The summed E-state index contributed by atoms with van der Waals surface area (Å²) in [4.78, 5) is 26.5. The van der Waals surface area contributed by atoms with Crippen molar-refractivity contribution >= 4 is 5.91 Å². The van der Waals surface area contributed by atoms with Gasteiger partial charge in [-0.3, -0.25) is 13.9 Å². The first-order valence-electron chi connectivity index (χ1n) is 9.72. The summed E-state index contributed by atoms with van der Waals surface area (Å²) in [5.41, 5.74) is 4.21. The van der Waals surface area contributed by atoms with Crippen LogP contribution >= 0.6 is 0 Å². The third-order valence-corrected chi connectivity index (χ3v) is 5.57. The average molecular weight is 402 g/mol. The summed E-state index contributed by atoms with van der Waals surface area (Å²) in [7, 11) is 1.52. The second kappa shape index (κ2) is 7.23. The Balaban J connectivity index is 1.65. The number of carbonyl (C=O) groups is 1. The highest BCUT2D eigenvalue weighted by Gasteiger charge is 2.32. The maximum atomic E-state index is 12.7. The topological polar surface area (TPSA) is 91.3 Å². The van der Waals surface area contributed by atoms with E-state index in [4.69, 9.17) is 0 Å². The van der Waals surface area contributed by atoms with Gasteiger partial charge in [-0.15, -0.1) is 0 Å². The van der Waals surface area contributed by atoms with Gasteiger partial charge in [0.15, 0.2) is 0 Å². The van der Waals surface area contributed by atoms with E-state index >= 15 is 0 Å². The standard InChI is InChI=1S/C23H22N4O3/c1-14(2)27-12-19-9-17(8-18(10-24)21(19)22(27)29)16-6-4-15(5-7-16)11-26-13-20(28)25(3)23(26)30/h4-9,13-14,28H,11-12H2,1-3H3. The lowest BCUT2D eigenvalue weighted by atomic mass is 9.95. The molecule has 2 aromatic carbocycles. The van der Waals surface area contributed by atoms with E-state index in [1.54, 1.807) is 11.0 Å². The van der Waals surface area contributed by atoms with Gasteiger partial charge in [0, 0.05) is 19.6 Å². The number of carbonyl (C=O) groups excluding carboxylic acids is 1. The summed E-state index contributed by atoms with van der Waals surface area (Å²) in [6, 6.07) is 13.7. The molecule has 152 valence electrons. The summed E-state index contributed by atoms with van der Waals surface area (Å²) < 4.78 is 2.63. The van der Waals surface area contributed by atoms with E-state index in [9.17, 15) is 20.0 Å². The van der Waals surface area contributed by atoms with Crippen LogP contribution in [0.5, 0.6) is 5.88 Å². The molecule has 1 aliphatic heterocycles. The van der Waals surface area contributed by atoms with Crippen LogP contribution in [0.25, 0.3) is 11.1 Å². The minimum Gasteiger partial charge on any atom is -0.493 e. The van der Waals surface area contributed by atoms with E-state index in [0.29, 0.717) is 24.2 Å². The molecule has 1 aromatic heterocycles. The van der Waals surface area contributed by atoms with Crippen molar-refractivity contribution in [1.82, 2.24) is 14.0 Å². The SMILES string of the molecule is CC(C)N1Cc2cc(-c3ccc(Cn4cc(O)n(C)c4=O)cc3)cc(C#N)c2C1=O. The molecule has 3 aromatic rings. The third kappa shape index (κ3) is 3.16. The number of hydrogen-bond acceptors (Lipinski definition) is 4. The lowest BCUT2D eigenvalue weighted by Gasteiger charge is -2.19. The highest BCUT2D eigenvalue weighted by atomic mass is 16.3. The molecule has 0 aliphatic carbocycles. The third-order valence-electron chi connectivity index (χ3n) is 5.57. The number of fused-ring (bicyclic) bond motifs is 1. The zero-order valence-corrected chi connectivity index (χ0v) is 17.1. The van der Waals surface area contributed by atoms with Crippen molar-refractivity contribution in [3.63, 3.8) is 0 Å². The first-order chi connectivity index (χ1) is 14.3. The normalized spacial score (nSPS) is 13.0. The Morgan fingerprint density at radius 2 is 1.83 bits per heavy atom. The number of aromatic nitrogens is 2. The summed E-state index contributed by atoms with van der Waals surface area (Å²) in [6.07, 6.45) is 1.41. The molecule has 1 N–H and O–H groups in total. The van der Waals surface area contributed by atoms with E-state index in [-0.39, 0.29) is 23.5 Å². The number of nitrogens with zero attached hydrogens (tertiary/aromatic N) is 4.